The molecule has 0 bridgehead atoms. The lowest BCUT2D eigenvalue weighted by atomic mass is 10.1. The summed E-state index contributed by atoms with van der Waals surface area (Å²) in [5, 5.41) is 0. The summed E-state index contributed by atoms with van der Waals surface area (Å²) in [4.78, 5) is 14.0. The predicted molar refractivity (Wildman–Crippen MR) is 84.9 cm³/mol. The minimum absolute atomic E-state index is 0.0206. The minimum atomic E-state index is -0.0658. The summed E-state index contributed by atoms with van der Waals surface area (Å²) < 4.78 is 5.55. The average Bonchev–Trinajstić information content (AvgIpc) is 2.43. The third kappa shape index (κ3) is 4.20. The molecule has 1 aromatic rings. The molecular weight excluding hydrogens is 272 g/mol. The molecule has 1 aromatic carbocycles. The first-order chi connectivity index (χ1) is 9.34. The summed E-state index contributed by atoms with van der Waals surface area (Å²) in [5.74, 6) is 0.871. The molecular formula is C15H22N2O2S. The van der Waals surface area contributed by atoms with E-state index in [-0.39, 0.29) is 23.5 Å². The highest BCUT2D eigenvalue weighted by molar-refractivity contribution is 7.80. The lowest BCUT2D eigenvalue weighted by molar-refractivity contribution is -0.134. The highest BCUT2D eigenvalue weighted by atomic mass is 32.1. The summed E-state index contributed by atoms with van der Waals surface area (Å²) in [7, 11) is 1.79. The third-order valence-corrected chi connectivity index (χ3v) is 3.69. The minimum Gasteiger partial charge on any atom is -0.483 e. The SMILES string of the molecule is CC(C)C(C)N(C)C(=O)COc1ccccc1C(N)=S. The molecule has 1 unspecified atom stereocenters. The zero-order chi connectivity index (χ0) is 15.3. The van der Waals surface area contributed by atoms with Gasteiger partial charge in [-0.25, -0.2) is 0 Å². The monoisotopic (exact) mass is 294 g/mol. The second-order valence-corrected chi connectivity index (χ2v) is 5.58. The van der Waals surface area contributed by atoms with E-state index in [1.807, 2.05) is 19.1 Å². The molecule has 1 amide bonds. The molecule has 20 heavy (non-hydrogen) atoms. The average molecular weight is 294 g/mol. The van der Waals surface area contributed by atoms with Crippen molar-refractivity contribution in [2.24, 2.45) is 11.7 Å². The molecule has 5 heteroatoms. The molecule has 1 atom stereocenters. The van der Waals surface area contributed by atoms with Crippen LogP contribution in [0.5, 0.6) is 5.75 Å². The Bertz CT molecular complexity index is 489. The zero-order valence-corrected chi connectivity index (χ0v) is 13.2. The molecule has 0 fully saturated rings. The summed E-state index contributed by atoms with van der Waals surface area (Å²) in [6.07, 6.45) is 0. The van der Waals surface area contributed by atoms with Gasteiger partial charge in [0.25, 0.3) is 5.91 Å². The van der Waals surface area contributed by atoms with Crippen molar-refractivity contribution in [3.63, 3.8) is 0 Å². The van der Waals surface area contributed by atoms with E-state index in [9.17, 15) is 4.79 Å². The van der Waals surface area contributed by atoms with Crippen molar-refractivity contribution >= 4 is 23.1 Å². The van der Waals surface area contributed by atoms with Crippen LogP contribution in [0.3, 0.4) is 0 Å². The van der Waals surface area contributed by atoms with Crippen LogP contribution in [0.4, 0.5) is 0 Å². The number of benzene rings is 1. The van der Waals surface area contributed by atoms with Crippen molar-refractivity contribution in [1.29, 1.82) is 0 Å². The molecule has 2 N–H and O–H groups in total. The van der Waals surface area contributed by atoms with Crippen LogP contribution in [-0.4, -0.2) is 35.5 Å². The van der Waals surface area contributed by atoms with E-state index in [0.29, 0.717) is 17.2 Å². The van der Waals surface area contributed by atoms with Crippen LogP contribution in [0.1, 0.15) is 26.3 Å². The van der Waals surface area contributed by atoms with Gasteiger partial charge in [0, 0.05) is 13.1 Å². The molecule has 0 aliphatic heterocycles. The number of carbonyl (C=O) groups is 1. The number of carbonyl (C=O) groups excluding carboxylic acids is 1. The molecule has 0 radical (unpaired) electrons. The smallest absolute Gasteiger partial charge is 0.260 e. The van der Waals surface area contributed by atoms with E-state index in [1.54, 1.807) is 24.1 Å². The van der Waals surface area contributed by atoms with Crippen LogP contribution in [-0.2, 0) is 4.79 Å². The van der Waals surface area contributed by atoms with Gasteiger partial charge in [0.1, 0.15) is 10.7 Å². The molecule has 0 saturated heterocycles. The number of para-hydroxylation sites is 1. The van der Waals surface area contributed by atoms with Gasteiger partial charge in [-0.2, -0.15) is 0 Å². The lowest BCUT2D eigenvalue weighted by Gasteiger charge is -2.28. The Morgan fingerprint density at radius 2 is 1.95 bits per heavy atom. The maximum Gasteiger partial charge on any atom is 0.260 e. The van der Waals surface area contributed by atoms with Crippen molar-refractivity contribution in [1.82, 2.24) is 4.90 Å². The summed E-state index contributed by atoms with van der Waals surface area (Å²) in [6, 6.07) is 7.35. The van der Waals surface area contributed by atoms with E-state index in [4.69, 9.17) is 22.7 Å². The van der Waals surface area contributed by atoms with Crippen molar-refractivity contribution in [2.75, 3.05) is 13.7 Å². The Balaban J connectivity index is 2.68. The number of ether oxygens (including phenoxy) is 1. The topological polar surface area (TPSA) is 55.6 Å². The van der Waals surface area contributed by atoms with Gasteiger partial charge < -0.3 is 15.4 Å². The first kappa shape index (κ1) is 16.4. The fourth-order valence-electron chi connectivity index (χ4n) is 1.71. The Morgan fingerprint density at radius 1 is 1.35 bits per heavy atom. The first-order valence-electron chi connectivity index (χ1n) is 6.62. The number of thiocarbonyl (C=S) groups is 1. The van der Waals surface area contributed by atoms with Gasteiger partial charge in [-0.05, 0) is 25.0 Å². The van der Waals surface area contributed by atoms with Crippen LogP contribution in [0.15, 0.2) is 24.3 Å². The molecule has 4 nitrogen and oxygen atoms in total. The number of hydrogen-bond acceptors (Lipinski definition) is 3. The molecule has 1 rings (SSSR count). The molecule has 0 aliphatic rings. The summed E-state index contributed by atoms with van der Waals surface area (Å²) in [6.45, 7) is 6.16. The van der Waals surface area contributed by atoms with Crippen molar-refractivity contribution < 1.29 is 9.53 Å². The van der Waals surface area contributed by atoms with Gasteiger partial charge in [-0.15, -0.1) is 0 Å². The number of nitrogens with two attached hydrogens (primary N) is 1. The van der Waals surface area contributed by atoms with Gasteiger partial charge in [0.05, 0.1) is 5.56 Å². The van der Waals surface area contributed by atoms with Crippen LogP contribution in [0, 0.1) is 5.92 Å². The van der Waals surface area contributed by atoms with Gasteiger partial charge in [0.2, 0.25) is 0 Å². The Morgan fingerprint density at radius 3 is 2.50 bits per heavy atom. The van der Waals surface area contributed by atoms with E-state index < -0.39 is 0 Å². The van der Waals surface area contributed by atoms with Crippen LogP contribution in [0.2, 0.25) is 0 Å². The molecule has 110 valence electrons. The molecule has 0 saturated carbocycles. The second kappa shape index (κ2) is 7.24. The Kier molecular flexibility index (Phi) is 5.95. The summed E-state index contributed by atoms with van der Waals surface area (Å²) >= 11 is 4.96. The van der Waals surface area contributed by atoms with Crippen LogP contribution in [0.25, 0.3) is 0 Å². The van der Waals surface area contributed by atoms with Gasteiger partial charge >= 0.3 is 0 Å². The normalized spacial score (nSPS) is 12.1. The maximum absolute atomic E-state index is 12.1. The second-order valence-electron chi connectivity index (χ2n) is 5.14. The van der Waals surface area contributed by atoms with E-state index in [1.165, 1.54) is 0 Å². The standard InChI is InChI=1S/C15H22N2O2S/c1-10(2)11(3)17(4)14(18)9-19-13-8-6-5-7-12(13)15(16)20/h5-8,10-11H,9H2,1-4H3,(H2,16,20). The van der Waals surface area contributed by atoms with Gasteiger partial charge in [-0.3, -0.25) is 4.79 Å². The number of likely N-dealkylation sites (N-methyl/N-ethyl adjacent to an activating group) is 1. The van der Waals surface area contributed by atoms with E-state index >= 15 is 0 Å². The predicted octanol–water partition coefficient (Wildman–Crippen LogP) is 2.20. The van der Waals surface area contributed by atoms with E-state index in [2.05, 4.69) is 13.8 Å². The van der Waals surface area contributed by atoms with Gasteiger partial charge in [0.15, 0.2) is 6.61 Å². The van der Waals surface area contributed by atoms with Crippen molar-refractivity contribution in [3.05, 3.63) is 29.8 Å². The number of nitrogens with zero attached hydrogens (tertiary/aromatic N) is 1. The van der Waals surface area contributed by atoms with Gasteiger partial charge in [-0.1, -0.05) is 38.2 Å². The third-order valence-electron chi connectivity index (χ3n) is 3.47. The molecule has 0 heterocycles. The van der Waals surface area contributed by atoms with Crippen molar-refractivity contribution in [2.45, 2.75) is 26.8 Å². The zero-order valence-electron chi connectivity index (χ0n) is 12.4. The quantitative estimate of drug-likeness (QED) is 0.817. The molecule has 0 spiro atoms. The number of hydrogen-bond donors (Lipinski definition) is 1. The Labute approximate surface area is 125 Å². The largest absolute Gasteiger partial charge is 0.483 e. The molecule has 0 aliphatic carbocycles. The van der Waals surface area contributed by atoms with Crippen LogP contribution < -0.4 is 10.5 Å². The van der Waals surface area contributed by atoms with Crippen LogP contribution >= 0.6 is 12.2 Å². The van der Waals surface area contributed by atoms with Crippen molar-refractivity contribution in [3.8, 4) is 5.75 Å². The fourth-order valence-corrected chi connectivity index (χ4v) is 1.88. The highest BCUT2D eigenvalue weighted by Crippen LogP contribution is 2.18. The Hall–Kier alpha value is -1.62. The first-order valence-corrected chi connectivity index (χ1v) is 7.02. The highest BCUT2D eigenvalue weighted by Gasteiger charge is 2.19. The molecule has 0 aromatic heterocycles. The number of rotatable bonds is 6. The lowest BCUT2D eigenvalue weighted by Crippen LogP contribution is -2.40. The fraction of sp³-hybridized carbons (Fsp3) is 0.467. The maximum atomic E-state index is 12.1. The number of amides is 1. The summed E-state index contributed by atoms with van der Waals surface area (Å²) in [5.41, 5.74) is 6.27. The van der Waals surface area contributed by atoms with E-state index in [0.717, 1.165) is 0 Å².